The standard InChI is InChI=1S/C20H24N2O2S/c1-2-6-13-9-10-15-16(11-13)25-20(18(15)19(21)24)22-17(23)12-14-7-4-3-5-8-14/h3-5,7-8,13H,2,6,9-12H2,1H3,(H2,21,24)(H,22,23)/t13-/m1/s1. The van der Waals surface area contributed by atoms with Crippen LogP contribution >= 0.6 is 11.3 Å². The second-order valence-electron chi connectivity index (χ2n) is 6.68. The molecule has 3 N–H and O–H groups in total. The number of primary amides is 1. The molecule has 0 saturated heterocycles. The van der Waals surface area contributed by atoms with Gasteiger partial charge in [-0.1, -0.05) is 50.1 Å². The third-order valence-electron chi connectivity index (χ3n) is 4.77. The number of hydrogen-bond acceptors (Lipinski definition) is 3. The second-order valence-corrected chi connectivity index (χ2v) is 7.79. The largest absolute Gasteiger partial charge is 0.365 e. The van der Waals surface area contributed by atoms with Crippen LogP contribution in [0, 0.1) is 5.92 Å². The molecule has 132 valence electrons. The third kappa shape index (κ3) is 4.10. The Hall–Kier alpha value is -2.14. The summed E-state index contributed by atoms with van der Waals surface area (Å²) in [5.41, 5.74) is 8.15. The minimum absolute atomic E-state index is 0.114. The van der Waals surface area contributed by atoms with Crippen molar-refractivity contribution in [3.63, 3.8) is 0 Å². The summed E-state index contributed by atoms with van der Waals surface area (Å²) in [5.74, 6) is 0.114. The van der Waals surface area contributed by atoms with Gasteiger partial charge in [0.2, 0.25) is 5.91 Å². The van der Waals surface area contributed by atoms with Crippen LogP contribution in [0.15, 0.2) is 30.3 Å². The number of anilines is 1. The number of fused-ring (bicyclic) bond motifs is 1. The molecule has 1 atom stereocenters. The number of nitrogens with two attached hydrogens (primary N) is 1. The maximum Gasteiger partial charge on any atom is 0.251 e. The summed E-state index contributed by atoms with van der Waals surface area (Å²) in [7, 11) is 0. The predicted octanol–water partition coefficient (Wildman–Crippen LogP) is 3.93. The lowest BCUT2D eigenvalue weighted by atomic mass is 9.84. The molecule has 0 aliphatic heterocycles. The summed E-state index contributed by atoms with van der Waals surface area (Å²) in [5, 5.41) is 3.54. The lowest BCUT2D eigenvalue weighted by molar-refractivity contribution is -0.115. The van der Waals surface area contributed by atoms with E-state index in [4.69, 9.17) is 5.73 Å². The van der Waals surface area contributed by atoms with Gasteiger partial charge >= 0.3 is 0 Å². The lowest BCUT2D eigenvalue weighted by Crippen LogP contribution is -2.20. The smallest absolute Gasteiger partial charge is 0.251 e. The fourth-order valence-electron chi connectivity index (χ4n) is 3.61. The summed E-state index contributed by atoms with van der Waals surface area (Å²) >= 11 is 1.53. The first kappa shape index (κ1) is 17.7. The van der Waals surface area contributed by atoms with E-state index >= 15 is 0 Å². The molecule has 0 unspecified atom stereocenters. The number of benzene rings is 1. The van der Waals surface area contributed by atoms with Gasteiger partial charge in [0, 0.05) is 4.88 Å². The zero-order valence-corrected chi connectivity index (χ0v) is 15.3. The van der Waals surface area contributed by atoms with Crippen LogP contribution in [-0.2, 0) is 24.1 Å². The van der Waals surface area contributed by atoms with Crippen molar-refractivity contribution in [1.82, 2.24) is 0 Å². The van der Waals surface area contributed by atoms with E-state index in [9.17, 15) is 9.59 Å². The van der Waals surface area contributed by atoms with Crippen molar-refractivity contribution in [3.05, 3.63) is 51.9 Å². The van der Waals surface area contributed by atoms with Gasteiger partial charge in [0.25, 0.3) is 5.91 Å². The molecule has 1 heterocycles. The van der Waals surface area contributed by atoms with Gasteiger partial charge in [0.15, 0.2) is 0 Å². The van der Waals surface area contributed by atoms with Crippen LogP contribution in [0.5, 0.6) is 0 Å². The molecule has 4 nitrogen and oxygen atoms in total. The molecule has 2 amide bonds. The molecule has 25 heavy (non-hydrogen) atoms. The number of hydrogen-bond donors (Lipinski definition) is 2. The SMILES string of the molecule is CCC[C@@H]1CCc2c(sc(NC(=O)Cc3ccccc3)c2C(N)=O)C1. The summed E-state index contributed by atoms with van der Waals surface area (Å²) < 4.78 is 0. The van der Waals surface area contributed by atoms with Crippen molar-refractivity contribution in [2.45, 2.75) is 45.4 Å². The van der Waals surface area contributed by atoms with Crippen molar-refractivity contribution in [2.24, 2.45) is 11.7 Å². The van der Waals surface area contributed by atoms with E-state index < -0.39 is 5.91 Å². The fraction of sp³-hybridized carbons (Fsp3) is 0.400. The summed E-state index contributed by atoms with van der Waals surface area (Å²) in [6.45, 7) is 2.20. The van der Waals surface area contributed by atoms with E-state index in [1.807, 2.05) is 30.3 Å². The minimum atomic E-state index is -0.443. The van der Waals surface area contributed by atoms with Gasteiger partial charge in [-0.15, -0.1) is 11.3 Å². The molecule has 0 fully saturated rings. The average Bonchev–Trinajstić information content (AvgIpc) is 2.93. The maximum absolute atomic E-state index is 12.4. The highest BCUT2D eigenvalue weighted by Gasteiger charge is 2.28. The van der Waals surface area contributed by atoms with Crippen LogP contribution in [0.4, 0.5) is 5.00 Å². The van der Waals surface area contributed by atoms with Crippen molar-refractivity contribution in [3.8, 4) is 0 Å². The first-order valence-electron chi connectivity index (χ1n) is 8.86. The van der Waals surface area contributed by atoms with Crippen molar-refractivity contribution in [2.75, 3.05) is 5.32 Å². The summed E-state index contributed by atoms with van der Waals surface area (Å²) in [6, 6.07) is 9.59. The van der Waals surface area contributed by atoms with Crippen molar-refractivity contribution >= 4 is 28.2 Å². The highest BCUT2D eigenvalue weighted by molar-refractivity contribution is 7.17. The van der Waals surface area contributed by atoms with Gasteiger partial charge < -0.3 is 11.1 Å². The normalized spacial score (nSPS) is 16.3. The van der Waals surface area contributed by atoms with Crippen LogP contribution in [-0.4, -0.2) is 11.8 Å². The Balaban J connectivity index is 1.79. The fourth-order valence-corrected chi connectivity index (χ4v) is 4.99. The molecule has 0 radical (unpaired) electrons. The maximum atomic E-state index is 12.4. The van der Waals surface area contributed by atoms with Crippen LogP contribution in [0.25, 0.3) is 0 Å². The van der Waals surface area contributed by atoms with E-state index in [2.05, 4.69) is 12.2 Å². The monoisotopic (exact) mass is 356 g/mol. The van der Waals surface area contributed by atoms with Gasteiger partial charge in [0.05, 0.1) is 12.0 Å². The topological polar surface area (TPSA) is 72.2 Å². The zero-order valence-electron chi connectivity index (χ0n) is 14.5. The number of thiophene rings is 1. The van der Waals surface area contributed by atoms with Gasteiger partial charge in [-0.25, -0.2) is 0 Å². The third-order valence-corrected chi connectivity index (χ3v) is 5.94. The number of amides is 2. The highest BCUT2D eigenvalue weighted by atomic mass is 32.1. The Labute approximate surface area is 152 Å². The first-order valence-corrected chi connectivity index (χ1v) is 9.68. The predicted molar refractivity (Wildman–Crippen MR) is 102 cm³/mol. The molecule has 1 aliphatic carbocycles. The molecule has 1 aromatic heterocycles. The molecule has 2 aromatic rings. The number of rotatable bonds is 6. The van der Waals surface area contributed by atoms with Crippen molar-refractivity contribution in [1.29, 1.82) is 0 Å². The number of nitrogens with one attached hydrogen (secondary N) is 1. The van der Waals surface area contributed by atoms with Crippen molar-refractivity contribution < 1.29 is 9.59 Å². The molecule has 0 saturated carbocycles. The van der Waals surface area contributed by atoms with E-state index in [0.29, 0.717) is 22.9 Å². The van der Waals surface area contributed by atoms with E-state index in [-0.39, 0.29) is 5.91 Å². The van der Waals surface area contributed by atoms with Gasteiger partial charge in [0.1, 0.15) is 5.00 Å². The highest BCUT2D eigenvalue weighted by Crippen LogP contribution is 2.40. The van der Waals surface area contributed by atoms with Crippen LogP contribution < -0.4 is 11.1 Å². The van der Waals surface area contributed by atoms with Crippen LogP contribution in [0.1, 0.15) is 52.5 Å². The van der Waals surface area contributed by atoms with E-state index in [1.165, 1.54) is 29.1 Å². The summed E-state index contributed by atoms with van der Waals surface area (Å²) in [4.78, 5) is 25.6. The van der Waals surface area contributed by atoms with E-state index in [1.54, 1.807) is 0 Å². The average molecular weight is 356 g/mol. The molecule has 0 spiro atoms. The summed E-state index contributed by atoms with van der Waals surface area (Å²) in [6.07, 6.45) is 5.63. The minimum Gasteiger partial charge on any atom is -0.365 e. The lowest BCUT2D eigenvalue weighted by Gasteiger charge is -2.21. The van der Waals surface area contributed by atoms with E-state index in [0.717, 1.165) is 30.4 Å². The Bertz CT molecular complexity index is 768. The van der Waals surface area contributed by atoms with Gasteiger partial charge in [-0.2, -0.15) is 0 Å². The molecular formula is C20H24N2O2S. The number of carbonyl (C=O) groups is 2. The second kappa shape index (κ2) is 7.83. The first-order chi connectivity index (χ1) is 12.1. The Morgan fingerprint density at radius 1 is 1.28 bits per heavy atom. The molecule has 3 rings (SSSR count). The molecule has 0 bridgehead atoms. The molecular weight excluding hydrogens is 332 g/mol. The Kier molecular flexibility index (Phi) is 5.53. The van der Waals surface area contributed by atoms with Gasteiger partial charge in [-0.05, 0) is 36.3 Å². The van der Waals surface area contributed by atoms with Gasteiger partial charge in [-0.3, -0.25) is 9.59 Å². The van der Waals surface area contributed by atoms with Crippen LogP contribution in [0.2, 0.25) is 0 Å². The molecule has 1 aromatic carbocycles. The Morgan fingerprint density at radius 3 is 2.72 bits per heavy atom. The van der Waals surface area contributed by atoms with Crippen LogP contribution in [0.3, 0.4) is 0 Å². The zero-order chi connectivity index (χ0) is 17.8. The molecule has 1 aliphatic rings. The Morgan fingerprint density at radius 2 is 2.04 bits per heavy atom. The number of carbonyl (C=O) groups excluding carboxylic acids is 2. The molecule has 5 heteroatoms. The quantitative estimate of drug-likeness (QED) is 0.823.